The second kappa shape index (κ2) is 12.7. The van der Waals surface area contributed by atoms with Crippen LogP contribution in [0.15, 0.2) is 28.9 Å². The molecule has 0 radical (unpaired) electrons. The van der Waals surface area contributed by atoms with E-state index < -0.39 is 5.97 Å². The summed E-state index contributed by atoms with van der Waals surface area (Å²) in [6, 6.07) is 5.36. The number of nitrogens with zero attached hydrogens (tertiary/aromatic N) is 2. The van der Waals surface area contributed by atoms with Crippen LogP contribution in [-0.4, -0.2) is 29.6 Å². The van der Waals surface area contributed by atoms with Crippen molar-refractivity contribution in [1.29, 1.82) is 0 Å². The van der Waals surface area contributed by atoms with Gasteiger partial charge in [0.15, 0.2) is 0 Å². The van der Waals surface area contributed by atoms with Gasteiger partial charge >= 0.3 is 5.97 Å². The van der Waals surface area contributed by atoms with E-state index in [9.17, 15) is 4.79 Å². The first-order valence-corrected chi connectivity index (χ1v) is 10.1. The minimum atomic E-state index is -0.403. The number of aryl methyl sites for hydroxylation is 1. The summed E-state index contributed by atoms with van der Waals surface area (Å²) in [5.41, 5.74) is 2.79. The molecule has 0 aliphatic carbocycles. The third kappa shape index (κ3) is 7.20. The summed E-state index contributed by atoms with van der Waals surface area (Å²) >= 11 is 3.43. The van der Waals surface area contributed by atoms with Gasteiger partial charge in [-0.15, -0.1) is 12.3 Å². The highest BCUT2D eigenvalue weighted by molar-refractivity contribution is 9.10. The van der Waals surface area contributed by atoms with Crippen LogP contribution in [0.3, 0.4) is 0 Å². The normalized spacial score (nSPS) is 9.57. The summed E-state index contributed by atoms with van der Waals surface area (Å²) in [5.74, 6) is 2.64. The molecule has 2 aromatic rings. The predicted octanol–water partition coefficient (Wildman–Crippen LogP) is 5.18. The molecule has 0 spiro atoms. The number of ether oxygens (including phenoxy) is 1. The van der Waals surface area contributed by atoms with Gasteiger partial charge < -0.3 is 15.4 Å². The summed E-state index contributed by atoms with van der Waals surface area (Å²) in [4.78, 5) is 20.7. The number of nitrogens with one attached hydrogen (secondary N) is 2. The smallest absolute Gasteiger partial charge is 0.337 e. The zero-order chi connectivity index (χ0) is 20.9. The second-order valence-corrected chi connectivity index (χ2v) is 6.39. The van der Waals surface area contributed by atoms with Crippen molar-refractivity contribution < 1.29 is 9.53 Å². The molecular formula is C21H27BrN4O2. The number of hydrogen-bond donors (Lipinski definition) is 2. The van der Waals surface area contributed by atoms with Gasteiger partial charge in [-0.05, 0) is 40.5 Å². The van der Waals surface area contributed by atoms with Crippen molar-refractivity contribution in [3.63, 3.8) is 0 Å². The van der Waals surface area contributed by atoms with E-state index in [0.717, 1.165) is 28.8 Å². The van der Waals surface area contributed by atoms with E-state index in [1.807, 2.05) is 19.9 Å². The number of esters is 1. The Bertz CT molecular complexity index is 819. The van der Waals surface area contributed by atoms with Crippen LogP contribution in [0, 0.1) is 12.3 Å². The third-order valence-electron chi connectivity index (χ3n) is 3.51. The van der Waals surface area contributed by atoms with E-state index in [-0.39, 0.29) is 0 Å². The molecule has 2 N–H and O–H groups in total. The maximum atomic E-state index is 11.9. The summed E-state index contributed by atoms with van der Waals surface area (Å²) in [7, 11) is 1.36. The van der Waals surface area contributed by atoms with Crippen molar-refractivity contribution in [2.24, 2.45) is 0 Å². The number of hydrogen-bond acceptors (Lipinski definition) is 6. The fraction of sp³-hybridized carbons (Fsp3) is 0.381. The Labute approximate surface area is 175 Å². The number of methoxy groups -OCH3 is 1. The minimum absolute atomic E-state index is 0.403. The van der Waals surface area contributed by atoms with Gasteiger partial charge in [0, 0.05) is 37.0 Å². The molecule has 150 valence electrons. The van der Waals surface area contributed by atoms with Gasteiger partial charge in [-0.3, -0.25) is 0 Å². The zero-order valence-corrected chi connectivity index (χ0v) is 18.4. The average Bonchev–Trinajstić information content (AvgIpc) is 2.73. The highest BCUT2D eigenvalue weighted by atomic mass is 79.9. The molecule has 0 saturated carbocycles. The summed E-state index contributed by atoms with van der Waals surface area (Å²) in [5, 5.41) is 6.41. The summed E-state index contributed by atoms with van der Waals surface area (Å²) in [6.45, 7) is 6.87. The molecule has 0 bridgehead atoms. The lowest BCUT2D eigenvalue weighted by molar-refractivity contribution is 0.0601. The Kier molecular flexibility index (Phi) is 10.7. The van der Waals surface area contributed by atoms with Gasteiger partial charge in [0.05, 0.1) is 22.8 Å². The lowest BCUT2D eigenvalue weighted by atomic mass is 10.1. The molecule has 7 heteroatoms. The van der Waals surface area contributed by atoms with Crippen molar-refractivity contribution in [1.82, 2.24) is 9.97 Å². The molecule has 0 aliphatic rings. The minimum Gasteiger partial charge on any atom is -0.465 e. The molecule has 1 heterocycles. The first-order chi connectivity index (χ1) is 13.6. The van der Waals surface area contributed by atoms with Crippen LogP contribution in [-0.2, 0) is 11.2 Å². The van der Waals surface area contributed by atoms with Crippen LogP contribution in [0.2, 0.25) is 0 Å². The average molecular weight is 447 g/mol. The predicted molar refractivity (Wildman–Crippen MR) is 118 cm³/mol. The van der Waals surface area contributed by atoms with Gasteiger partial charge in [-0.2, -0.15) is 0 Å². The van der Waals surface area contributed by atoms with Crippen LogP contribution < -0.4 is 10.6 Å². The number of terminal acetylenes is 1. The zero-order valence-electron chi connectivity index (χ0n) is 16.8. The maximum absolute atomic E-state index is 11.9. The number of benzene rings is 1. The number of anilines is 3. The second-order valence-electron chi connectivity index (χ2n) is 5.53. The van der Waals surface area contributed by atoms with Gasteiger partial charge in [-0.1, -0.05) is 20.8 Å². The Balaban J connectivity index is 0.00000190. The molecule has 2 rings (SSSR count). The number of carbonyl (C=O) groups is 1. The van der Waals surface area contributed by atoms with E-state index >= 15 is 0 Å². The molecule has 1 aromatic carbocycles. The molecule has 0 aliphatic heterocycles. The van der Waals surface area contributed by atoms with E-state index in [1.54, 1.807) is 18.3 Å². The quantitative estimate of drug-likeness (QED) is 0.429. The largest absolute Gasteiger partial charge is 0.465 e. The van der Waals surface area contributed by atoms with Crippen LogP contribution in [0.5, 0.6) is 0 Å². The molecule has 28 heavy (non-hydrogen) atoms. The van der Waals surface area contributed by atoms with Crippen molar-refractivity contribution in [3.05, 3.63) is 40.1 Å². The van der Waals surface area contributed by atoms with Crippen LogP contribution in [0.1, 0.15) is 49.7 Å². The van der Waals surface area contributed by atoms with E-state index in [2.05, 4.69) is 49.4 Å². The van der Waals surface area contributed by atoms with Gasteiger partial charge in [-0.25, -0.2) is 14.8 Å². The first-order valence-electron chi connectivity index (χ1n) is 9.26. The van der Waals surface area contributed by atoms with Crippen molar-refractivity contribution in [2.45, 2.75) is 40.0 Å². The molecule has 0 atom stereocenters. The lowest BCUT2D eigenvalue weighted by Crippen LogP contribution is -2.07. The Morgan fingerprint density at radius 1 is 1.29 bits per heavy atom. The van der Waals surface area contributed by atoms with Gasteiger partial charge in [0.1, 0.15) is 0 Å². The third-order valence-corrected chi connectivity index (χ3v) is 4.17. The van der Waals surface area contributed by atoms with Gasteiger partial charge in [0.2, 0.25) is 5.95 Å². The monoisotopic (exact) mass is 446 g/mol. The lowest BCUT2D eigenvalue weighted by Gasteiger charge is -2.12. The molecule has 0 unspecified atom stereocenters. The number of aromatic nitrogens is 2. The van der Waals surface area contributed by atoms with Gasteiger partial charge in [0.25, 0.3) is 0 Å². The van der Waals surface area contributed by atoms with Crippen LogP contribution in [0.4, 0.5) is 17.3 Å². The topological polar surface area (TPSA) is 76.1 Å². The molecule has 0 amide bonds. The number of carbonyl (C=O) groups excluding carboxylic acids is 1. The summed E-state index contributed by atoms with van der Waals surface area (Å²) < 4.78 is 5.64. The highest BCUT2D eigenvalue weighted by Gasteiger charge is 2.11. The molecule has 1 aromatic heterocycles. The SMILES string of the molecule is C#CCCc1nc(Nc2cc(NCCC)cc(C(=O)OC)c2)ncc1Br.CC. The maximum Gasteiger partial charge on any atom is 0.337 e. The molecule has 0 fully saturated rings. The van der Waals surface area contributed by atoms with Crippen molar-refractivity contribution in [2.75, 3.05) is 24.3 Å². The Morgan fingerprint density at radius 3 is 2.64 bits per heavy atom. The standard InChI is InChI=1S/C19H21BrN4O2.C2H6/c1-4-6-7-17-16(20)12-22-19(24-17)23-15-10-13(18(25)26-3)9-14(11-15)21-8-5-2;1-2/h1,9-12,21H,5-8H2,2-3H3,(H,22,23,24);1-2H3. The van der Waals surface area contributed by atoms with E-state index in [0.29, 0.717) is 30.0 Å². The Hall–Kier alpha value is -2.59. The fourth-order valence-corrected chi connectivity index (χ4v) is 2.65. The van der Waals surface area contributed by atoms with E-state index in [4.69, 9.17) is 11.2 Å². The number of halogens is 1. The summed E-state index contributed by atoms with van der Waals surface area (Å²) in [6.07, 6.45) is 9.23. The Morgan fingerprint density at radius 2 is 2.00 bits per heavy atom. The van der Waals surface area contributed by atoms with Crippen molar-refractivity contribution >= 4 is 39.2 Å². The molecular weight excluding hydrogens is 420 g/mol. The van der Waals surface area contributed by atoms with Crippen LogP contribution >= 0.6 is 15.9 Å². The number of rotatable bonds is 8. The van der Waals surface area contributed by atoms with E-state index in [1.165, 1.54) is 7.11 Å². The van der Waals surface area contributed by atoms with Crippen LogP contribution in [0.25, 0.3) is 0 Å². The fourth-order valence-electron chi connectivity index (χ4n) is 2.26. The molecule has 6 nitrogen and oxygen atoms in total. The highest BCUT2D eigenvalue weighted by Crippen LogP contribution is 2.23. The van der Waals surface area contributed by atoms with Crippen molar-refractivity contribution in [3.8, 4) is 12.3 Å². The molecule has 0 saturated heterocycles. The first kappa shape index (κ1) is 23.4.